The van der Waals surface area contributed by atoms with Crippen LogP contribution in [0.1, 0.15) is 69.3 Å². The van der Waals surface area contributed by atoms with Gasteiger partial charge in [0.2, 0.25) is 15.9 Å². The lowest BCUT2D eigenvalue weighted by Crippen LogP contribution is -2.31. The lowest BCUT2D eigenvalue weighted by atomic mass is 9.83. The number of carbonyl (C=O) groups is 1. The first-order chi connectivity index (χ1) is 15.4. The Morgan fingerprint density at radius 1 is 1.09 bits per heavy atom. The summed E-state index contributed by atoms with van der Waals surface area (Å²) in [6, 6.07) is 4.47. The molecule has 9 heteroatoms. The van der Waals surface area contributed by atoms with Gasteiger partial charge in [-0.25, -0.2) is 21.6 Å². The quantitative estimate of drug-likeness (QED) is 0.575. The predicted octanol–water partition coefficient (Wildman–Crippen LogP) is 5.24. The maximum Gasteiger partial charge on any atom is 0.229 e. The van der Waals surface area contributed by atoms with E-state index in [9.17, 15) is 26.4 Å². The Labute approximate surface area is 199 Å². The van der Waals surface area contributed by atoms with Crippen LogP contribution in [0.15, 0.2) is 24.3 Å². The summed E-state index contributed by atoms with van der Waals surface area (Å²) in [5.41, 5.74) is -0.156. The van der Waals surface area contributed by atoms with Crippen molar-refractivity contribution in [2.24, 2.45) is 5.92 Å². The molecule has 1 aliphatic rings. The molecular weight excluding hydrogens is 465 g/mol. The maximum atomic E-state index is 14.7. The molecule has 2 aromatic rings. The number of aryl methyl sites for hydroxylation is 1. The van der Waals surface area contributed by atoms with E-state index < -0.39 is 50.3 Å². The van der Waals surface area contributed by atoms with Crippen molar-refractivity contribution in [3.05, 3.63) is 64.0 Å². The Morgan fingerprint density at radius 2 is 1.65 bits per heavy atom. The van der Waals surface area contributed by atoms with Crippen molar-refractivity contribution in [2.75, 3.05) is 11.0 Å². The van der Waals surface area contributed by atoms with Crippen LogP contribution in [-0.4, -0.2) is 20.6 Å². The van der Waals surface area contributed by atoms with E-state index in [0.717, 1.165) is 12.3 Å². The summed E-state index contributed by atoms with van der Waals surface area (Å²) in [6.45, 7) is 10.2. The molecule has 0 radical (unpaired) electrons. The Kier molecular flexibility index (Phi) is 6.58. The van der Waals surface area contributed by atoms with Crippen LogP contribution in [-0.2, 0) is 25.6 Å². The van der Waals surface area contributed by atoms with Crippen LogP contribution in [0.5, 0.6) is 0 Å². The second-order valence-corrected chi connectivity index (χ2v) is 12.3. The van der Waals surface area contributed by atoms with E-state index in [0.29, 0.717) is 17.5 Å². The molecule has 186 valence electrons. The number of carbonyl (C=O) groups excluding carboxylic acids is 1. The van der Waals surface area contributed by atoms with Crippen molar-refractivity contribution >= 4 is 21.6 Å². The van der Waals surface area contributed by atoms with Gasteiger partial charge >= 0.3 is 0 Å². The average Bonchev–Trinajstić information content (AvgIpc) is 3.34. The van der Waals surface area contributed by atoms with Crippen molar-refractivity contribution in [2.45, 2.75) is 64.8 Å². The zero-order valence-electron chi connectivity index (χ0n) is 20.4. The molecule has 2 aromatic carbocycles. The SMILES string of the molecule is Cc1cc([C@@H](C)NC(=O)C2CC2(C)c2cc(F)c(C(C)(C)C)c(F)c2)c(F)cc1NS(C)(=O)=O. The lowest BCUT2D eigenvalue weighted by molar-refractivity contribution is -0.123. The standard InChI is InChI=1S/C25H31F3N2O3S/c1-13-8-16(18(26)11-21(13)30-34(7,32)33)14(2)29-23(31)17-12-25(17,6)15-9-19(27)22(20(28)10-15)24(3,4)5/h8-11,14,17,30H,12H2,1-7H3,(H,29,31)/t14-,17?,25?/m1/s1. The molecule has 2 N–H and O–H groups in total. The van der Waals surface area contributed by atoms with Crippen LogP contribution >= 0.6 is 0 Å². The first-order valence-corrected chi connectivity index (χ1v) is 12.9. The Morgan fingerprint density at radius 3 is 2.15 bits per heavy atom. The first kappa shape index (κ1) is 26.1. The van der Waals surface area contributed by atoms with Crippen LogP contribution in [0.2, 0.25) is 0 Å². The molecule has 1 fully saturated rings. The molecular formula is C25H31F3N2O3S. The third-order valence-electron chi connectivity index (χ3n) is 6.47. The van der Waals surface area contributed by atoms with E-state index in [-0.39, 0.29) is 22.7 Å². The van der Waals surface area contributed by atoms with E-state index in [4.69, 9.17) is 0 Å². The van der Waals surface area contributed by atoms with Gasteiger partial charge in [-0.05, 0) is 61.1 Å². The molecule has 1 aliphatic carbocycles. The minimum atomic E-state index is -3.57. The Hall–Kier alpha value is -2.55. The van der Waals surface area contributed by atoms with E-state index in [1.54, 1.807) is 41.5 Å². The fourth-order valence-corrected chi connectivity index (χ4v) is 5.04. The molecule has 0 spiro atoms. The minimum absolute atomic E-state index is 0.00905. The number of nitrogens with one attached hydrogen (secondary N) is 2. The van der Waals surface area contributed by atoms with Gasteiger partial charge in [-0.15, -0.1) is 0 Å². The van der Waals surface area contributed by atoms with Crippen molar-refractivity contribution in [1.82, 2.24) is 5.32 Å². The topological polar surface area (TPSA) is 75.3 Å². The molecule has 34 heavy (non-hydrogen) atoms. The molecule has 3 atom stereocenters. The summed E-state index contributed by atoms with van der Waals surface area (Å²) in [7, 11) is -3.57. The number of benzene rings is 2. The van der Waals surface area contributed by atoms with Crippen molar-refractivity contribution in [1.29, 1.82) is 0 Å². The highest BCUT2D eigenvalue weighted by Crippen LogP contribution is 2.55. The highest BCUT2D eigenvalue weighted by Gasteiger charge is 2.56. The summed E-state index contributed by atoms with van der Waals surface area (Å²) >= 11 is 0. The number of rotatable bonds is 6. The normalized spacial score (nSPS) is 21.2. The molecule has 3 rings (SSSR count). The molecule has 0 aromatic heterocycles. The van der Waals surface area contributed by atoms with Crippen LogP contribution < -0.4 is 10.0 Å². The summed E-state index contributed by atoms with van der Waals surface area (Å²) < 4.78 is 69.3. The number of hydrogen-bond acceptors (Lipinski definition) is 3. The number of sulfonamides is 1. The van der Waals surface area contributed by atoms with Crippen molar-refractivity contribution < 1.29 is 26.4 Å². The van der Waals surface area contributed by atoms with E-state index >= 15 is 0 Å². The van der Waals surface area contributed by atoms with Crippen LogP contribution in [0.3, 0.4) is 0 Å². The van der Waals surface area contributed by atoms with Gasteiger partial charge in [0.25, 0.3) is 0 Å². The van der Waals surface area contributed by atoms with Gasteiger partial charge < -0.3 is 5.32 Å². The minimum Gasteiger partial charge on any atom is -0.349 e. The fraction of sp³-hybridized carbons (Fsp3) is 0.480. The molecule has 0 saturated heterocycles. The third kappa shape index (κ3) is 5.24. The monoisotopic (exact) mass is 496 g/mol. The molecule has 2 unspecified atom stereocenters. The summed E-state index contributed by atoms with van der Waals surface area (Å²) in [5, 5.41) is 2.78. The van der Waals surface area contributed by atoms with Gasteiger partial charge in [-0.3, -0.25) is 9.52 Å². The highest BCUT2D eigenvalue weighted by molar-refractivity contribution is 7.92. The number of anilines is 1. The molecule has 0 bridgehead atoms. The lowest BCUT2D eigenvalue weighted by Gasteiger charge is -2.23. The van der Waals surface area contributed by atoms with Crippen LogP contribution in [0.4, 0.5) is 18.9 Å². The summed E-state index contributed by atoms with van der Waals surface area (Å²) in [6.07, 6.45) is 1.39. The van der Waals surface area contributed by atoms with Gasteiger partial charge in [-0.1, -0.05) is 27.7 Å². The number of amides is 1. The first-order valence-electron chi connectivity index (χ1n) is 11.0. The number of hydrogen-bond donors (Lipinski definition) is 2. The molecule has 1 amide bonds. The smallest absolute Gasteiger partial charge is 0.229 e. The van der Waals surface area contributed by atoms with Gasteiger partial charge in [0, 0.05) is 22.5 Å². The van der Waals surface area contributed by atoms with Gasteiger partial charge in [0.05, 0.1) is 18.0 Å². The zero-order chi connectivity index (χ0) is 25.8. The van der Waals surface area contributed by atoms with E-state index in [2.05, 4.69) is 10.0 Å². The predicted molar refractivity (Wildman–Crippen MR) is 127 cm³/mol. The van der Waals surface area contributed by atoms with Crippen molar-refractivity contribution in [3.63, 3.8) is 0 Å². The van der Waals surface area contributed by atoms with Crippen molar-refractivity contribution in [3.8, 4) is 0 Å². The highest BCUT2D eigenvalue weighted by atomic mass is 32.2. The number of halogens is 3. The average molecular weight is 497 g/mol. The van der Waals surface area contributed by atoms with Crippen LogP contribution in [0, 0.1) is 30.3 Å². The second kappa shape index (κ2) is 8.59. The summed E-state index contributed by atoms with van der Waals surface area (Å²) in [4.78, 5) is 12.9. The van der Waals surface area contributed by atoms with Crippen LogP contribution in [0.25, 0.3) is 0 Å². The fourth-order valence-electron chi connectivity index (χ4n) is 4.42. The summed E-state index contributed by atoms with van der Waals surface area (Å²) in [5.74, 6) is -2.78. The Balaban J connectivity index is 1.77. The van der Waals surface area contributed by atoms with Gasteiger partial charge in [0.15, 0.2) is 0 Å². The van der Waals surface area contributed by atoms with E-state index in [1.807, 2.05) is 0 Å². The van der Waals surface area contributed by atoms with Gasteiger partial charge in [0.1, 0.15) is 17.5 Å². The molecule has 5 nitrogen and oxygen atoms in total. The maximum absolute atomic E-state index is 14.7. The zero-order valence-corrected chi connectivity index (χ0v) is 21.3. The van der Waals surface area contributed by atoms with E-state index in [1.165, 1.54) is 18.2 Å². The molecule has 0 aliphatic heterocycles. The molecule has 1 saturated carbocycles. The largest absolute Gasteiger partial charge is 0.349 e. The third-order valence-corrected chi connectivity index (χ3v) is 7.06. The van der Waals surface area contributed by atoms with Gasteiger partial charge in [-0.2, -0.15) is 0 Å². The second-order valence-electron chi connectivity index (χ2n) is 10.5. The Bertz CT molecular complexity index is 1230. The molecule has 0 heterocycles.